The van der Waals surface area contributed by atoms with Crippen LogP contribution in [0.25, 0.3) is 0 Å². The van der Waals surface area contributed by atoms with Crippen LogP contribution in [0.3, 0.4) is 0 Å². The summed E-state index contributed by atoms with van der Waals surface area (Å²) >= 11 is 0. The van der Waals surface area contributed by atoms with E-state index in [1.807, 2.05) is 0 Å². The van der Waals surface area contributed by atoms with Crippen LogP contribution in [0.4, 0.5) is 11.4 Å². The van der Waals surface area contributed by atoms with Gasteiger partial charge in [0, 0.05) is 18.7 Å². The van der Waals surface area contributed by atoms with Crippen molar-refractivity contribution >= 4 is 35.7 Å². The van der Waals surface area contributed by atoms with Crippen LogP contribution >= 0.6 is 12.4 Å². The van der Waals surface area contributed by atoms with Gasteiger partial charge in [-0.05, 0) is 19.5 Å². The van der Waals surface area contributed by atoms with E-state index in [-0.39, 0.29) is 43.5 Å². The van der Waals surface area contributed by atoms with Gasteiger partial charge in [0.25, 0.3) is 5.69 Å². The van der Waals surface area contributed by atoms with Crippen LogP contribution < -0.4 is 5.32 Å². The van der Waals surface area contributed by atoms with Crippen molar-refractivity contribution in [2.45, 2.75) is 13.3 Å². The van der Waals surface area contributed by atoms with Crippen LogP contribution in [-0.4, -0.2) is 46.9 Å². The molecule has 22 heavy (non-hydrogen) atoms. The average molecular weight is 332 g/mol. The maximum absolute atomic E-state index is 11.8. The molecule has 0 saturated carbocycles. The molecule has 0 saturated heterocycles. The highest BCUT2D eigenvalue weighted by Gasteiger charge is 2.12. The fourth-order valence-corrected chi connectivity index (χ4v) is 1.66. The highest BCUT2D eigenvalue weighted by atomic mass is 35.5. The lowest BCUT2D eigenvalue weighted by Crippen LogP contribution is -2.31. The van der Waals surface area contributed by atoms with E-state index in [4.69, 9.17) is 5.11 Å². The van der Waals surface area contributed by atoms with Gasteiger partial charge >= 0.3 is 5.97 Å². The van der Waals surface area contributed by atoms with Crippen molar-refractivity contribution in [3.05, 3.63) is 33.9 Å². The number of benzene rings is 1. The van der Waals surface area contributed by atoms with Crippen LogP contribution in [0.5, 0.6) is 0 Å². The number of nitrogens with zero attached hydrogens (tertiary/aromatic N) is 2. The van der Waals surface area contributed by atoms with Gasteiger partial charge in [-0.3, -0.25) is 24.6 Å². The Kier molecular flexibility index (Phi) is 8.06. The minimum Gasteiger partial charge on any atom is -0.481 e. The van der Waals surface area contributed by atoms with Crippen molar-refractivity contribution in [1.29, 1.82) is 0 Å². The highest BCUT2D eigenvalue weighted by Crippen LogP contribution is 2.21. The molecule has 0 aliphatic rings. The topological polar surface area (TPSA) is 113 Å². The largest absolute Gasteiger partial charge is 0.481 e. The van der Waals surface area contributed by atoms with Crippen molar-refractivity contribution in [2.75, 3.05) is 25.5 Å². The number of carbonyl (C=O) groups excluding carboxylic acids is 1. The number of aliphatic carboxylic acids is 1. The van der Waals surface area contributed by atoms with Crippen LogP contribution in [0.1, 0.15) is 12.0 Å². The molecule has 0 atom stereocenters. The van der Waals surface area contributed by atoms with Crippen molar-refractivity contribution < 1.29 is 19.6 Å². The predicted octanol–water partition coefficient (Wildman–Crippen LogP) is 1.67. The van der Waals surface area contributed by atoms with E-state index in [0.717, 1.165) is 0 Å². The smallest absolute Gasteiger partial charge is 0.304 e. The fraction of sp³-hybridized carbons (Fsp3) is 0.385. The summed E-state index contributed by atoms with van der Waals surface area (Å²) in [6, 6.07) is 4.22. The predicted molar refractivity (Wildman–Crippen MR) is 83.5 cm³/mol. The molecule has 0 fully saturated rings. The van der Waals surface area contributed by atoms with Crippen LogP contribution in [0.15, 0.2) is 18.2 Å². The van der Waals surface area contributed by atoms with Gasteiger partial charge in [-0.25, -0.2) is 0 Å². The number of amides is 1. The Labute approximate surface area is 133 Å². The minimum atomic E-state index is -0.934. The Morgan fingerprint density at radius 3 is 2.59 bits per heavy atom. The lowest BCUT2D eigenvalue weighted by molar-refractivity contribution is -0.384. The first-order chi connectivity index (χ1) is 9.79. The van der Waals surface area contributed by atoms with E-state index in [2.05, 4.69) is 5.32 Å². The third-order valence-corrected chi connectivity index (χ3v) is 2.83. The molecule has 2 N–H and O–H groups in total. The molecule has 0 aliphatic carbocycles. The molecule has 9 heteroatoms. The van der Waals surface area contributed by atoms with Crippen LogP contribution in [0, 0.1) is 17.0 Å². The van der Waals surface area contributed by atoms with Gasteiger partial charge in [0.2, 0.25) is 5.91 Å². The summed E-state index contributed by atoms with van der Waals surface area (Å²) in [5, 5.41) is 21.9. The van der Waals surface area contributed by atoms with E-state index in [1.54, 1.807) is 24.9 Å². The first-order valence-corrected chi connectivity index (χ1v) is 6.25. The number of nitro benzene ring substituents is 1. The summed E-state index contributed by atoms with van der Waals surface area (Å²) in [6.45, 7) is 1.99. The molecule has 1 rings (SSSR count). The maximum Gasteiger partial charge on any atom is 0.304 e. The van der Waals surface area contributed by atoms with E-state index in [1.165, 1.54) is 12.1 Å². The van der Waals surface area contributed by atoms with Crippen LogP contribution in [-0.2, 0) is 9.59 Å². The first-order valence-electron chi connectivity index (χ1n) is 6.25. The molecule has 8 nitrogen and oxygen atoms in total. The number of anilines is 1. The Hall–Kier alpha value is -2.19. The molecule has 1 amide bonds. The number of aryl methyl sites for hydroxylation is 1. The molecule has 122 valence electrons. The number of hydrogen-bond acceptors (Lipinski definition) is 5. The summed E-state index contributed by atoms with van der Waals surface area (Å²) in [5.41, 5.74) is 0.984. The molecule has 0 unspecified atom stereocenters. The minimum absolute atomic E-state index is 0. The Balaban J connectivity index is 0.00000441. The molecule has 0 radical (unpaired) electrons. The fourth-order valence-electron chi connectivity index (χ4n) is 1.66. The molecule has 0 heterocycles. The van der Waals surface area contributed by atoms with Gasteiger partial charge in [-0.1, -0.05) is 6.07 Å². The normalized spacial score (nSPS) is 9.95. The van der Waals surface area contributed by atoms with Gasteiger partial charge in [0.05, 0.1) is 23.6 Å². The lowest BCUT2D eigenvalue weighted by Gasteiger charge is -2.15. The lowest BCUT2D eigenvalue weighted by atomic mass is 10.2. The third kappa shape index (κ3) is 6.51. The molecular formula is C13H18ClN3O5. The summed E-state index contributed by atoms with van der Waals surface area (Å²) < 4.78 is 0. The standard InChI is InChI=1S/C13H17N3O5.ClH/c1-9-3-4-10(16(20)21)7-11(9)14-12(17)8-15(2)6-5-13(18)19;/h3-4,7H,5-6,8H2,1-2H3,(H,14,17)(H,18,19);1H. The number of carboxylic acids is 1. The molecule has 0 aliphatic heterocycles. The number of nitro groups is 1. The molecule has 0 spiro atoms. The number of hydrogen-bond donors (Lipinski definition) is 2. The average Bonchev–Trinajstić information content (AvgIpc) is 2.38. The molecule has 0 bridgehead atoms. The maximum atomic E-state index is 11.8. The van der Waals surface area contributed by atoms with E-state index >= 15 is 0 Å². The number of carboxylic acid groups (broad SMARTS) is 1. The summed E-state index contributed by atoms with van der Waals surface area (Å²) in [6.07, 6.45) is -0.0559. The van der Waals surface area contributed by atoms with Crippen molar-refractivity contribution in [3.8, 4) is 0 Å². The van der Waals surface area contributed by atoms with Crippen molar-refractivity contribution in [2.24, 2.45) is 0 Å². The van der Waals surface area contributed by atoms with E-state index in [0.29, 0.717) is 11.3 Å². The second-order valence-corrected chi connectivity index (χ2v) is 4.69. The van der Waals surface area contributed by atoms with Gasteiger partial charge in [0.15, 0.2) is 0 Å². The molecule has 0 aromatic heterocycles. The second-order valence-electron chi connectivity index (χ2n) is 4.69. The quantitative estimate of drug-likeness (QED) is 0.580. The third-order valence-electron chi connectivity index (χ3n) is 2.83. The first kappa shape index (κ1) is 19.8. The van der Waals surface area contributed by atoms with Gasteiger partial charge < -0.3 is 10.4 Å². The number of carbonyl (C=O) groups is 2. The number of non-ortho nitro benzene ring substituents is 1. The number of likely N-dealkylation sites (N-methyl/N-ethyl adjacent to an activating group) is 1. The molecule has 1 aromatic rings. The zero-order valence-corrected chi connectivity index (χ0v) is 13.1. The van der Waals surface area contributed by atoms with E-state index in [9.17, 15) is 19.7 Å². The summed E-state index contributed by atoms with van der Waals surface area (Å²) in [7, 11) is 1.63. The van der Waals surface area contributed by atoms with Gasteiger partial charge in [0.1, 0.15) is 0 Å². The summed E-state index contributed by atoms with van der Waals surface area (Å²) in [5.74, 6) is -1.29. The van der Waals surface area contributed by atoms with Crippen molar-refractivity contribution in [1.82, 2.24) is 4.90 Å². The zero-order valence-electron chi connectivity index (χ0n) is 12.2. The molecule has 1 aromatic carbocycles. The monoisotopic (exact) mass is 331 g/mol. The Morgan fingerprint density at radius 2 is 2.05 bits per heavy atom. The highest BCUT2D eigenvalue weighted by molar-refractivity contribution is 5.93. The van der Waals surface area contributed by atoms with Crippen LogP contribution in [0.2, 0.25) is 0 Å². The molecular weight excluding hydrogens is 314 g/mol. The number of halogens is 1. The van der Waals surface area contributed by atoms with E-state index < -0.39 is 10.9 Å². The number of nitrogens with one attached hydrogen (secondary N) is 1. The van der Waals surface area contributed by atoms with Gasteiger partial charge in [-0.15, -0.1) is 12.4 Å². The van der Waals surface area contributed by atoms with Crippen molar-refractivity contribution in [3.63, 3.8) is 0 Å². The second kappa shape index (κ2) is 8.96. The Morgan fingerprint density at radius 1 is 1.41 bits per heavy atom. The SMILES string of the molecule is Cc1ccc([N+](=O)[O-])cc1NC(=O)CN(C)CCC(=O)O.Cl. The zero-order chi connectivity index (χ0) is 16.0. The van der Waals surface area contributed by atoms with Gasteiger partial charge in [-0.2, -0.15) is 0 Å². The Bertz CT molecular complexity index is 565. The number of rotatable bonds is 7. The summed E-state index contributed by atoms with van der Waals surface area (Å²) in [4.78, 5) is 34.0.